The number of fused-ring (bicyclic) bond motifs is 1. The Morgan fingerprint density at radius 1 is 1.36 bits per heavy atom. The molecule has 0 radical (unpaired) electrons. The highest BCUT2D eigenvalue weighted by molar-refractivity contribution is 9.10. The van der Waals surface area contributed by atoms with Crippen LogP contribution in [0.4, 0.5) is 5.69 Å². The van der Waals surface area contributed by atoms with Gasteiger partial charge in [0.2, 0.25) is 5.91 Å². The van der Waals surface area contributed by atoms with Crippen LogP contribution >= 0.6 is 15.9 Å². The maximum absolute atomic E-state index is 12.3. The second-order valence-corrected chi connectivity index (χ2v) is 6.70. The lowest BCUT2D eigenvalue weighted by Crippen LogP contribution is -2.41. The van der Waals surface area contributed by atoms with Crippen molar-refractivity contribution in [1.29, 1.82) is 0 Å². The van der Waals surface area contributed by atoms with Gasteiger partial charge in [-0.05, 0) is 49.7 Å². The van der Waals surface area contributed by atoms with Crippen molar-refractivity contribution in [3.63, 3.8) is 0 Å². The lowest BCUT2D eigenvalue weighted by Gasteiger charge is -2.34. The first-order valence-corrected chi connectivity index (χ1v) is 8.29. The van der Waals surface area contributed by atoms with Gasteiger partial charge in [0.05, 0.1) is 6.54 Å². The smallest absolute Gasteiger partial charge is 0.238 e. The molecule has 0 saturated carbocycles. The molecular formula is C17H20BrN3O. The molecule has 0 spiro atoms. The number of carbonyl (C=O) groups is 1. The molecule has 3 rings (SSSR count). The number of amides is 1. The van der Waals surface area contributed by atoms with Crippen molar-refractivity contribution in [2.24, 2.45) is 0 Å². The molecule has 116 valence electrons. The van der Waals surface area contributed by atoms with Crippen LogP contribution in [0.2, 0.25) is 0 Å². The fraction of sp³-hybridized carbons (Fsp3) is 0.353. The molecule has 0 saturated heterocycles. The first-order valence-electron chi connectivity index (χ1n) is 7.49. The zero-order valence-corrected chi connectivity index (χ0v) is 14.4. The number of rotatable bonds is 3. The number of halogens is 1. The Morgan fingerprint density at radius 2 is 2.18 bits per heavy atom. The Bertz CT molecular complexity index is 695. The zero-order valence-electron chi connectivity index (χ0n) is 12.8. The number of carbonyl (C=O) groups excluding carboxylic acids is 1. The third kappa shape index (κ3) is 3.10. The van der Waals surface area contributed by atoms with E-state index in [-0.39, 0.29) is 11.9 Å². The summed E-state index contributed by atoms with van der Waals surface area (Å²) < 4.78 is 3.28. The molecule has 1 aromatic heterocycles. The number of hydrogen-bond acceptors (Lipinski definition) is 2. The Morgan fingerprint density at radius 3 is 2.95 bits per heavy atom. The summed E-state index contributed by atoms with van der Waals surface area (Å²) in [4.78, 5) is 14.6. The topological polar surface area (TPSA) is 37.3 Å². The molecule has 1 unspecified atom stereocenters. The van der Waals surface area contributed by atoms with Crippen LogP contribution in [0.25, 0.3) is 0 Å². The van der Waals surface area contributed by atoms with Crippen LogP contribution in [0, 0.1) is 6.92 Å². The number of nitrogens with one attached hydrogen (secondary N) is 1. The van der Waals surface area contributed by atoms with Gasteiger partial charge in [0, 0.05) is 41.2 Å². The first-order chi connectivity index (χ1) is 10.5. The average molecular weight is 362 g/mol. The largest absolute Gasteiger partial charge is 0.349 e. The van der Waals surface area contributed by atoms with Crippen molar-refractivity contribution in [2.45, 2.75) is 26.4 Å². The van der Waals surface area contributed by atoms with Gasteiger partial charge in [0.1, 0.15) is 0 Å². The van der Waals surface area contributed by atoms with E-state index < -0.39 is 0 Å². The maximum Gasteiger partial charge on any atom is 0.238 e. The number of aryl methyl sites for hydroxylation is 1. The van der Waals surface area contributed by atoms with Crippen LogP contribution in [-0.2, 0) is 11.3 Å². The Kier molecular flexibility index (Phi) is 4.36. The highest BCUT2D eigenvalue weighted by atomic mass is 79.9. The molecule has 5 heteroatoms. The highest BCUT2D eigenvalue weighted by Crippen LogP contribution is 2.25. The second kappa shape index (κ2) is 6.26. The van der Waals surface area contributed by atoms with Crippen LogP contribution in [0.15, 0.2) is 41.0 Å². The first kappa shape index (κ1) is 15.3. The Hall–Kier alpha value is -1.59. The van der Waals surface area contributed by atoms with Crippen molar-refractivity contribution >= 4 is 27.5 Å². The molecule has 1 amide bonds. The lowest BCUT2D eigenvalue weighted by atomic mass is 10.1. The van der Waals surface area contributed by atoms with Crippen LogP contribution in [-0.4, -0.2) is 28.5 Å². The minimum atomic E-state index is 0.0391. The van der Waals surface area contributed by atoms with E-state index >= 15 is 0 Å². The third-order valence-corrected chi connectivity index (χ3v) is 4.77. The molecule has 4 nitrogen and oxygen atoms in total. The molecule has 0 bridgehead atoms. The van der Waals surface area contributed by atoms with Gasteiger partial charge in [-0.15, -0.1) is 0 Å². The van der Waals surface area contributed by atoms with E-state index in [0.717, 1.165) is 28.8 Å². The predicted molar refractivity (Wildman–Crippen MR) is 91.9 cm³/mol. The van der Waals surface area contributed by atoms with E-state index in [1.54, 1.807) is 0 Å². The summed E-state index contributed by atoms with van der Waals surface area (Å²) in [6.45, 7) is 6.41. The van der Waals surface area contributed by atoms with Crippen LogP contribution < -0.4 is 5.32 Å². The molecule has 1 N–H and O–H groups in total. The van der Waals surface area contributed by atoms with Crippen molar-refractivity contribution in [2.75, 3.05) is 18.4 Å². The molecular weight excluding hydrogens is 342 g/mol. The van der Waals surface area contributed by atoms with Crippen LogP contribution in [0.1, 0.15) is 24.2 Å². The van der Waals surface area contributed by atoms with Crippen molar-refractivity contribution in [1.82, 2.24) is 9.47 Å². The number of benzene rings is 1. The second-order valence-electron chi connectivity index (χ2n) is 5.78. The van der Waals surface area contributed by atoms with E-state index in [9.17, 15) is 4.79 Å². The van der Waals surface area contributed by atoms with E-state index in [0.29, 0.717) is 6.54 Å². The normalized spacial score (nSPS) is 18.0. The Balaban J connectivity index is 1.65. The molecule has 0 fully saturated rings. The third-order valence-electron chi connectivity index (χ3n) is 4.28. The Labute approximate surface area is 139 Å². The van der Waals surface area contributed by atoms with E-state index in [2.05, 4.69) is 56.0 Å². The molecule has 1 atom stereocenters. The van der Waals surface area contributed by atoms with E-state index in [1.807, 2.05) is 25.1 Å². The summed E-state index contributed by atoms with van der Waals surface area (Å²) in [5.74, 6) is 0.0391. The molecule has 22 heavy (non-hydrogen) atoms. The predicted octanol–water partition coefficient (Wildman–Crippen LogP) is 3.57. The minimum absolute atomic E-state index is 0.0391. The van der Waals surface area contributed by atoms with E-state index in [1.165, 1.54) is 5.69 Å². The lowest BCUT2D eigenvalue weighted by molar-refractivity contribution is -0.118. The van der Waals surface area contributed by atoms with Gasteiger partial charge >= 0.3 is 0 Å². The molecule has 1 aliphatic heterocycles. The summed E-state index contributed by atoms with van der Waals surface area (Å²) in [5, 5.41) is 3.01. The maximum atomic E-state index is 12.3. The van der Waals surface area contributed by atoms with Gasteiger partial charge in [-0.2, -0.15) is 0 Å². The minimum Gasteiger partial charge on any atom is -0.349 e. The van der Waals surface area contributed by atoms with Gasteiger partial charge in [-0.3, -0.25) is 9.69 Å². The SMILES string of the molecule is Cc1cc(Br)ccc1NC(=O)CN1CCn2cccc2C1C. The summed E-state index contributed by atoms with van der Waals surface area (Å²) in [7, 11) is 0. The number of nitrogens with zero attached hydrogens (tertiary/aromatic N) is 2. The fourth-order valence-electron chi connectivity index (χ4n) is 2.98. The van der Waals surface area contributed by atoms with Gasteiger partial charge < -0.3 is 9.88 Å². The number of anilines is 1. The number of hydrogen-bond donors (Lipinski definition) is 1. The molecule has 1 aromatic carbocycles. The highest BCUT2D eigenvalue weighted by Gasteiger charge is 2.25. The standard InChI is InChI=1S/C17H20BrN3O/c1-12-10-14(18)5-6-15(12)19-17(22)11-21-9-8-20-7-3-4-16(20)13(21)2/h3-7,10,13H,8-9,11H2,1-2H3,(H,19,22). The molecule has 2 heterocycles. The molecule has 2 aromatic rings. The van der Waals surface area contributed by atoms with E-state index in [4.69, 9.17) is 0 Å². The summed E-state index contributed by atoms with van der Waals surface area (Å²) in [6.07, 6.45) is 2.11. The van der Waals surface area contributed by atoms with Gasteiger partial charge in [0.25, 0.3) is 0 Å². The summed E-state index contributed by atoms with van der Waals surface area (Å²) in [6, 6.07) is 10.3. The zero-order chi connectivity index (χ0) is 15.7. The van der Waals surface area contributed by atoms with Gasteiger partial charge in [-0.1, -0.05) is 15.9 Å². The fourth-order valence-corrected chi connectivity index (χ4v) is 3.46. The molecule has 0 aliphatic carbocycles. The van der Waals surface area contributed by atoms with Gasteiger partial charge in [-0.25, -0.2) is 0 Å². The van der Waals surface area contributed by atoms with Crippen LogP contribution in [0.5, 0.6) is 0 Å². The summed E-state index contributed by atoms with van der Waals surface area (Å²) in [5.41, 5.74) is 3.21. The quantitative estimate of drug-likeness (QED) is 0.906. The monoisotopic (exact) mass is 361 g/mol. The van der Waals surface area contributed by atoms with Crippen molar-refractivity contribution in [3.8, 4) is 0 Å². The average Bonchev–Trinajstić information content (AvgIpc) is 2.94. The molecule has 1 aliphatic rings. The number of aromatic nitrogens is 1. The van der Waals surface area contributed by atoms with Crippen LogP contribution in [0.3, 0.4) is 0 Å². The van der Waals surface area contributed by atoms with Crippen molar-refractivity contribution in [3.05, 3.63) is 52.3 Å². The summed E-state index contributed by atoms with van der Waals surface area (Å²) >= 11 is 3.44. The van der Waals surface area contributed by atoms with Gasteiger partial charge in [0.15, 0.2) is 0 Å². The van der Waals surface area contributed by atoms with Crippen molar-refractivity contribution < 1.29 is 4.79 Å².